The first-order valence-electron chi connectivity index (χ1n) is 5.60. The number of para-hydroxylation sites is 1. The normalized spacial score (nSPS) is 19.8. The molecule has 0 aliphatic carbocycles. The van der Waals surface area contributed by atoms with E-state index < -0.39 is 0 Å². The highest BCUT2D eigenvalue weighted by atomic mass is 79.9. The lowest BCUT2D eigenvalue weighted by molar-refractivity contribution is 0.00507. The molecule has 1 aromatic carbocycles. The van der Waals surface area contributed by atoms with Gasteiger partial charge in [0.15, 0.2) is 11.5 Å². The summed E-state index contributed by atoms with van der Waals surface area (Å²) in [5, 5.41) is 19.7. The third-order valence-corrected chi connectivity index (χ3v) is 3.66. The van der Waals surface area contributed by atoms with Crippen molar-refractivity contribution in [3.63, 3.8) is 0 Å². The highest BCUT2D eigenvalue weighted by Gasteiger charge is 2.29. The van der Waals surface area contributed by atoms with E-state index in [1.165, 1.54) is 18.2 Å². The summed E-state index contributed by atoms with van der Waals surface area (Å²) in [6.45, 7) is 1.43. The SMILES string of the molecule is O=C(c1cccc(O)c1O)N1CCOCC1CBr. The molecule has 18 heavy (non-hydrogen) atoms. The van der Waals surface area contributed by atoms with Crippen LogP contribution >= 0.6 is 15.9 Å². The molecular weight excluding hydrogens is 302 g/mol. The minimum atomic E-state index is -0.373. The molecule has 1 unspecified atom stereocenters. The molecule has 0 spiro atoms. The third kappa shape index (κ3) is 2.44. The van der Waals surface area contributed by atoms with Gasteiger partial charge in [-0.05, 0) is 12.1 Å². The van der Waals surface area contributed by atoms with Gasteiger partial charge in [-0.25, -0.2) is 0 Å². The van der Waals surface area contributed by atoms with Crippen LogP contribution in [0.1, 0.15) is 10.4 Å². The van der Waals surface area contributed by atoms with Crippen molar-refractivity contribution in [3.8, 4) is 11.5 Å². The lowest BCUT2D eigenvalue weighted by atomic mass is 10.1. The fourth-order valence-electron chi connectivity index (χ4n) is 1.91. The van der Waals surface area contributed by atoms with Gasteiger partial charge in [-0.3, -0.25) is 4.79 Å². The average molecular weight is 316 g/mol. The van der Waals surface area contributed by atoms with Crippen molar-refractivity contribution in [2.75, 3.05) is 25.1 Å². The van der Waals surface area contributed by atoms with Gasteiger partial charge in [0.25, 0.3) is 5.91 Å². The number of benzene rings is 1. The highest BCUT2D eigenvalue weighted by Crippen LogP contribution is 2.29. The maximum atomic E-state index is 12.3. The molecule has 2 N–H and O–H groups in total. The van der Waals surface area contributed by atoms with Gasteiger partial charge in [0, 0.05) is 11.9 Å². The van der Waals surface area contributed by atoms with Gasteiger partial charge < -0.3 is 19.8 Å². The van der Waals surface area contributed by atoms with Crippen LogP contribution in [0.25, 0.3) is 0 Å². The molecule has 1 saturated heterocycles. The number of amides is 1. The molecule has 1 fully saturated rings. The maximum Gasteiger partial charge on any atom is 0.258 e. The molecule has 98 valence electrons. The Kier molecular flexibility index (Phi) is 4.08. The number of hydrogen-bond donors (Lipinski definition) is 2. The van der Waals surface area contributed by atoms with Crippen LogP contribution < -0.4 is 0 Å². The summed E-state index contributed by atoms with van der Waals surface area (Å²) in [5.41, 5.74) is 0.114. The van der Waals surface area contributed by atoms with E-state index in [9.17, 15) is 15.0 Å². The minimum Gasteiger partial charge on any atom is -0.504 e. The van der Waals surface area contributed by atoms with E-state index in [4.69, 9.17) is 4.74 Å². The molecule has 1 aromatic rings. The number of carbonyl (C=O) groups excluding carboxylic acids is 1. The molecule has 0 aromatic heterocycles. The Bertz CT molecular complexity index is 452. The van der Waals surface area contributed by atoms with E-state index in [1.807, 2.05) is 0 Å². The van der Waals surface area contributed by atoms with Crippen LogP contribution in [0.2, 0.25) is 0 Å². The molecule has 1 amide bonds. The Morgan fingerprint density at radius 3 is 3.00 bits per heavy atom. The van der Waals surface area contributed by atoms with Gasteiger partial charge in [0.05, 0.1) is 24.8 Å². The number of phenolic OH excluding ortho intramolecular Hbond substituents is 2. The van der Waals surface area contributed by atoms with Crippen molar-refractivity contribution in [1.29, 1.82) is 0 Å². The lowest BCUT2D eigenvalue weighted by Gasteiger charge is -2.34. The zero-order valence-corrected chi connectivity index (χ0v) is 11.3. The smallest absolute Gasteiger partial charge is 0.258 e. The van der Waals surface area contributed by atoms with Gasteiger partial charge in [0.2, 0.25) is 0 Å². The Morgan fingerprint density at radius 1 is 1.50 bits per heavy atom. The molecule has 6 heteroatoms. The van der Waals surface area contributed by atoms with E-state index in [0.717, 1.165) is 0 Å². The number of nitrogens with zero attached hydrogens (tertiary/aromatic N) is 1. The van der Waals surface area contributed by atoms with Crippen LogP contribution in [0.4, 0.5) is 0 Å². The van der Waals surface area contributed by atoms with Crippen molar-refractivity contribution in [2.45, 2.75) is 6.04 Å². The maximum absolute atomic E-state index is 12.3. The fraction of sp³-hybridized carbons (Fsp3) is 0.417. The molecule has 1 aliphatic heterocycles. The predicted octanol–water partition coefficient (Wildman–Crippen LogP) is 1.33. The largest absolute Gasteiger partial charge is 0.504 e. The predicted molar refractivity (Wildman–Crippen MR) is 69.2 cm³/mol. The Morgan fingerprint density at radius 2 is 2.28 bits per heavy atom. The molecule has 2 rings (SSSR count). The van der Waals surface area contributed by atoms with Crippen LogP contribution in [0, 0.1) is 0 Å². The summed E-state index contributed by atoms with van der Waals surface area (Å²) in [6, 6.07) is 4.31. The van der Waals surface area contributed by atoms with Crippen molar-refractivity contribution in [3.05, 3.63) is 23.8 Å². The number of carbonyl (C=O) groups is 1. The first kappa shape index (κ1) is 13.2. The van der Waals surface area contributed by atoms with Gasteiger partial charge in [-0.2, -0.15) is 0 Å². The fourth-order valence-corrected chi connectivity index (χ4v) is 2.45. The van der Waals surface area contributed by atoms with E-state index in [-0.39, 0.29) is 29.0 Å². The van der Waals surface area contributed by atoms with Crippen LogP contribution in [-0.2, 0) is 4.74 Å². The van der Waals surface area contributed by atoms with Crippen LogP contribution in [0.15, 0.2) is 18.2 Å². The number of rotatable bonds is 2. The van der Waals surface area contributed by atoms with Crippen LogP contribution in [-0.4, -0.2) is 52.2 Å². The van der Waals surface area contributed by atoms with Gasteiger partial charge in [-0.15, -0.1) is 0 Å². The molecule has 1 atom stereocenters. The number of hydrogen-bond acceptors (Lipinski definition) is 4. The second-order valence-corrected chi connectivity index (χ2v) is 4.70. The number of alkyl halides is 1. The van der Waals surface area contributed by atoms with Gasteiger partial charge in [0.1, 0.15) is 0 Å². The number of morpholine rings is 1. The van der Waals surface area contributed by atoms with E-state index in [1.54, 1.807) is 4.90 Å². The Hall–Kier alpha value is -1.27. The van der Waals surface area contributed by atoms with Crippen molar-refractivity contribution in [1.82, 2.24) is 4.90 Å². The molecule has 0 saturated carbocycles. The Labute approximate surface area is 113 Å². The monoisotopic (exact) mass is 315 g/mol. The summed E-state index contributed by atoms with van der Waals surface area (Å²) in [7, 11) is 0. The minimum absolute atomic E-state index is 0.0620. The topological polar surface area (TPSA) is 70.0 Å². The number of phenols is 2. The van der Waals surface area contributed by atoms with Crippen molar-refractivity contribution >= 4 is 21.8 Å². The molecular formula is C12H14BrNO4. The second-order valence-electron chi connectivity index (χ2n) is 4.05. The van der Waals surface area contributed by atoms with E-state index in [0.29, 0.717) is 25.1 Å². The molecule has 1 heterocycles. The number of aromatic hydroxyl groups is 2. The summed E-state index contributed by atoms with van der Waals surface area (Å²) < 4.78 is 5.31. The second kappa shape index (κ2) is 5.58. The van der Waals surface area contributed by atoms with E-state index in [2.05, 4.69) is 15.9 Å². The van der Waals surface area contributed by atoms with Gasteiger partial charge >= 0.3 is 0 Å². The summed E-state index contributed by atoms with van der Waals surface area (Å²) in [6.07, 6.45) is 0. The third-order valence-electron chi connectivity index (χ3n) is 2.91. The quantitative estimate of drug-likeness (QED) is 0.638. The highest BCUT2D eigenvalue weighted by molar-refractivity contribution is 9.09. The number of halogens is 1. The van der Waals surface area contributed by atoms with Crippen molar-refractivity contribution < 1.29 is 19.7 Å². The molecule has 0 radical (unpaired) electrons. The summed E-state index contributed by atoms with van der Waals surface area (Å²) >= 11 is 3.34. The summed E-state index contributed by atoms with van der Waals surface area (Å²) in [5.74, 6) is -0.956. The van der Waals surface area contributed by atoms with E-state index >= 15 is 0 Å². The lowest BCUT2D eigenvalue weighted by Crippen LogP contribution is -2.49. The van der Waals surface area contributed by atoms with Gasteiger partial charge in [-0.1, -0.05) is 22.0 Å². The molecule has 5 nitrogen and oxygen atoms in total. The Balaban J connectivity index is 2.27. The summed E-state index contributed by atoms with van der Waals surface area (Å²) in [4.78, 5) is 14.0. The first-order valence-corrected chi connectivity index (χ1v) is 6.73. The average Bonchev–Trinajstić information content (AvgIpc) is 2.41. The van der Waals surface area contributed by atoms with Crippen molar-refractivity contribution in [2.24, 2.45) is 0 Å². The zero-order chi connectivity index (χ0) is 13.1. The van der Waals surface area contributed by atoms with Crippen LogP contribution in [0.5, 0.6) is 11.5 Å². The molecule has 1 aliphatic rings. The first-order chi connectivity index (χ1) is 8.65. The molecule has 0 bridgehead atoms. The zero-order valence-electron chi connectivity index (χ0n) is 9.67. The van der Waals surface area contributed by atoms with Crippen LogP contribution in [0.3, 0.4) is 0 Å². The number of ether oxygens (including phenoxy) is 1. The standard InChI is InChI=1S/C12H14BrNO4/c13-6-8-7-18-5-4-14(8)12(17)9-2-1-3-10(15)11(9)16/h1-3,8,15-16H,4-7H2.